The Bertz CT molecular complexity index is 1080. The number of carbonyl (C=O) groups is 4. The Morgan fingerprint density at radius 1 is 1.35 bits per heavy atom. The number of aliphatic carboxylic acids is 1. The normalized spacial score (nSPS) is 20.3. The zero-order valence-corrected chi connectivity index (χ0v) is 20.2. The third-order valence-electron chi connectivity index (χ3n) is 4.30. The van der Waals surface area contributed by atoms with Gasteiger partial charge in [0.15, 0.2) is 10.8 Å². The number of oxime groups is 1. The van der Waals surface area contributed by atoms with Crippen LogP contribution >= 0.6 is 23.3 Å². The first kappa shape index (κ1) is 25.2. The van der Waals surface area contributed by atoms with Gasteiger partial charge in [-0.05, 0) is 20.8 Å². The van der Waals surface area contributed by atoms with Crippen LogP contribution in [0.1, 0.15) is 26.6 Å². The Labute approximate surface area is 201 Å². The van der Waals surface area contributed by atoms with Crippen molar-refractivity contribution in [1.82, 2.24) is 19.6 Å². The summed E-state index contributed by atoms with van der Waals surface area (Å²) < 4.78 is 14.1. The lowest BCUT2D eigenvalue weighted by Crippen LogP contribution is -2.71. The second-order valence-electron chi connectivity index (χ2n) is 7.90. The Morgan fingerprint density at radius 2 is 2.06 bits per heavy atom. The van der Waals surface area contributed by atoms with E-state index in [0.717, 1.165) is 16.4 Å². The van der Waals surface area contributed by atoms with Crippen molar-refractivity contribution in [3.05, 3.63) is 17.3 Å². The molecule has 3 heterocycles. The van der Waals surface area contributed by atoms with Gasteiger partial charge in [0, 0.05) is 11.5 Å². The quantitative estimate of drug-likeness (QED) is 0.175. The molecule has 0 bridgehead atoms. The van der Waals surface area contributed by atoms with Gasteiger partial charge < -0.3 is 30.5 Å². The van der Waals surface area contributed by atoms with Crippen molar-refractivity contribution >= 4 is 57.9 Å². The van der Waals surface area contributed by atoms with Crippen LogP contribution in [0.3, 0.4) is 0 Å². The number of nitrogens with zero attached hydrogens (tertiary/aromatic N) is 4. The fourth-order valence-electron chi connectivity index (χ4n) is 2.99. The number of carboxylic acid groups (broad SMARTS) is 1. The number of nitrogen functional groups attached to an aromatic ring is 1. The van der Waals surface area contributed by atoms with Gasteiger partial charge in [0.2, 0.25) is 18.1 Å². The average molecular weight is 515 g/mol. The van der Waals surface area contributed by atoms with Crippen LogP contribution in [0.5, 0.6) is 0 Å². The Morgan fingerprint density at radius 3 is 2.62 bits per heavy atom. The minimum atomic E-state index is -1.32. The Balaban J connectivity index is 1.74. The number of methoxy groups -OCH3 is 1. The number of thioether (sulfide) groups is 1. The van der Waals surface area contributed by atoms with Crippen LogP contribution in [0.15, 0.2) is 16.6 Å². The van der Waals surface area contributed by atoms with Crippen molar-refractivity contribution in [2.75, 3.05) is 25.2 Å². The van der Waals surface area contributed by atoms with Gasteiger partial charge in [0.05, 0.1) is 12.9 Å². The van der Waals surface area contributed by atoms with Crippen LogP contribution in [-0.2, 0) is 33.5 Å². The number of fused-ring (bicyclic) bond motifs is 1. The number of esters is 1. The largest absolute Gasteiger partial charge is 0.498 e. The maximum absolute atomic E-state index is 12.9. The molecule has 0 spiro atoms. The summed E-state index contributed by atoms with van der Waals surface area (Å²) in [6.07, 6.45) is 0. The van der Waals surface area contributed by atoms with E-state index in [1.165, 1.54) is 18.9 Å². The first-order valence-corrected chi connectivity index (χ1v) is 11.5. The highest BCUT2D eigenvalue weighted by atomic mass is 32.2. The van der Waals surface area contributed by atoms with Gasteiger partial charge in [0.1, 0.15) is 22.8 Å². The van der Waals surface area contributed by atoms with E-state index >= 15 is 0 Å². The van der Waals surface area contributed by atoms with Crippen LogP contribution in [0.4, 0.5) is 5.13 Å². The highest BCUT2D eigenvalue weighted by Crippen LogP contribution is 2.40. The smallest absolute Gasteiger partial charge is 0.356 e. The molecule has 2 atom stereocenters. The minimum absolute atomic E-state index is 0.0553. The van der Waals surface area contributed by atoms with Gasteiger partial charge in [-0.1, -0.05) is 5.16 Å². The number of amides is 2. The van der Waals surface area contributed by atoms with E-state index in [-0.39, 0.29) is 28.2 Å². The first-order valence-electron chi connectivity index (χ1n) is 9.70. The van der Waals surface area contributed by atoms with Crippen LogP contribution < -0.4 is 11.1 Å². The Kier molecular flexibility index (Phi) is 7.30. The summed E-state index contributed by atoms with van der Waals surface area (Å²) in [5.41, 5.74) is 4.15. The first-order chi connectivity index (χ1) is 15.9. The molecule has 14 nitrogen and oxygen atoms in total. The number of hydrogen-bond acceptors (Lipinski definition) is 13. The number of hydrogen-bond donors (Lipinski definition) is 3. The molecule has 0 radical (unpaired) electrons. The van der Waals surface area contributed by atoms with Gasteiger partial charge in [-0.3, -0.25) is 14.5 Å². The van der Waals surface area contributed by atoms with Gasteiger partial charge in [-0.25, -0.2) is 9.59 Å². The summed E-state index contributed by atoms with van der Waals surface area (Å²) >= 11 is 2.03. The fourth-order valence-corrected chi connectivity index (χ4v) is 4.74. The molecule has 2 amide bonds. The lowest BCUT2D eigenvalue weighted by Gasteiger charge is -2.48. The van der Waals surface area contributed by atoms with Crippen LogP contribution in [0.25, 0.3) is 0 Å². The highest BCUT2D eigenvalue weighted by Gasteiger charge is 2.55. The van der Waals surface area contributed by atoms with E-state index in [2.05, 4.69) is 19.8 Å². The number of anilines is 1. The maximum Gasteiger partial charge on any atom is 0.356 e. The summed E-state index contributed by atoms with van der Waals surface area (Å²) in [7, 11) is 1.31. The number of rotatable bonds is 8. The Hall–Kier alpha value is -3.40. The molecule has 16 heteroatoms. The van der Waals surface area contributed by atoms with Crippen LogP contribution in [0.2, 0.25) is 0 Å². The summed E-state index contributed by atoms with van der Waals surface area (Å²) in [6, 6.07) is -1.04. The molecule has 0 aliphatic carbocycles. The molecule has 1 aromatic rings. The molecule has 2 aliphatic rings. The minimum Gasteiger partial charge on any atom is -0.498 e. The monoisotopic (exact) mass is 514 g/mol. The molecule has 3 rings (SSSR count). The van der Waals surface area contributed by atoms with Gasteiger partial charge in [-0.2, -0.15) is 9.36 Å². The second kappa shape index (κ2) is 9.84. The lowest BCUT2D eigenvalue weighted by molar-refractivity contribution is -0.160. The zero-order valence-electron chi connectivity index (χ0n) is 18.6. The standard InChI is InChI=1S/C18H22N6O8S2/c1-18(2,3)32-8(25)5-31-22-9(12-21-17(19)34-23-12)13(26)20-10-14(27)24-11(16(28)29)7(30-4)6-33-15(10)24/h10,15H,5-6H2,1-4H3,(H,20,26)(H,28,29)(H2,19,21,23)/t10?,15-/m0/s1. The lowest BCUT2D eigenvalue weighted by atomic mass is 10.0. The van der Waals surface area contributed by atoms with E-state index < -0.39 is 53.1 Å². The molecule has 4 N–H and O–H groups in total. The fraction of sp³-hybridized carbons (Fsp3) is 0.500. The zero-order chi connectivity index (χ0) is 25.2. The van der Waals surface area contributed by atoms with Crippen molar-refractivity contribution in [2.45, 2.75) is 37.8 Å². The number of nitrogens with two attached hydrogens (primary N) is 1. The van der Waals surface area contributed by atoms with Crippen LogP contribution in [0, 0.1) is 0 Å². The molecule has 0 aromatic carbocycles. The van der Waals surface area contributed by atoms with Gasteiger partial charge >= 0.3 is 11.9 Å². The van der Waals surface area contributed by atoms with Gasteiger partial charge in [0.25, 0.3) is 11.8 Å². The molecular formula is C18H22N6O8S2. The predicted octanol–water partition coefficient (Wildman–Crippen LogP) is -0.475. The molecular weight excluding hydrogens is 492 g/mol. The topological polar surface area (TPSA) is 196 Å². The summed E-state index contributed by atoms with van der Waals surface area (Å²) in [5, 5.41) is 15.0. The highest BCUT2D eigenvalue weighted by molar-refractivity contribution is 8.00. The number of ether oxygens (including phenoxy) is 2. The molecule has 34 heavy (non-hydrogen) atoms. The number of carbonyl (C=O) groups excluding carboxylic acids is 3. The van der Waals surface area contributed by atoms with E-state index in [1.807, 2.05) is 0 Å². The van der Waals surface area contributed by atoms with E-state index in [9.17, 15) is 24.3 Å². The third kappa shape index (κ3) is 5.39. The van der Waals surface area contributed by atoms with E-state index in [4.69, 9.17) is 20.0 Å². The predicted molar refractivity (Wildman–Crippen MR) is 119 cm³/mol. The van der Waals surface area contributed by atoms with Crippen molar-refractivity contribution in [3.63, 3.8) is 0 Å². The third-order valence-corrected chi connectivity index (χ3v) is 6.09. The molecule has 2 aliphatic heterocycles. The van der Waals surface area contributed by atoms with Crippen molar-refractivity contribution in [3.8, 4) is 0 Å². The number of nitrogens with one attached hydrogen (secondary N) is 1. The molecule has 184 valence electrons. The van der Waals surface area contributed by atoms with Crippen molar-refractivity contribution in [1.29, 1.82) is 0 Å². The van der Waals surface area contributed by atoms with Crippen molar-refractivity contribution in [2.24, 2.45) is 5.16 Å². The molecule has 1 saturated heterocycles. The van der Waals surface area contributed by atoms with Gasteiger partial charge in [-0.15, -0.1) is 11.8 Å². The van der Waals surface area contributed by atoms with E-state index in [0.29, 0.717) is 0 Å². The summed E-state index contributed by atoms with van der Waals surface area (Å²) in [5.74, 6) is -3.38. The summed E-state index contributed by atoms with van der Waals surface area (Å²) in [6.45, 7) is 4.45. The molecule has 0 saturated carbocycles. The second-order valence-corrected chi connectivity index (χ2v) is 9.79. The summed E-state index contributed by atoms with van der Waals surface area (Å²) in [4.78, 5) is 59.0. The SMILES string of the molecule is COC1=C(C(=O)O)N2C(=O)C(NC(=O)C(=NOCC(=O)OC(C)(C)C)c3nsc(N)n3)[C@@H]2SC1. The van der Waals surface area contributed by atoms with Crippen LogP contribution in [-0.4, -0.2) is 85.3 Å². The molecule has 1 fully saturated rings. The number of carboxylic acids is 1. The van der Waals surface area contributed by atoms with E-state index in [1.54, 1.807) is 20.8 Å². The average Bonchev–Trinajstić information content (AvgIpc) is 3.18. The number of aromatic nitrogens is 2. The number of β-lactam (4-membered cyclic amide) rings is 1. The molecule has 1 unspecified atom stereocenters. The molecule has 1 aromatic heterocycles. The van der Waals surface area contributed by atoms with Crippen molar-refractivity contribution < 1.29 is 38.6 Å². The maximum atomic E-state index is 12.9.